The number of sulfonamides is 1. The number of sulfone groups is 1. The topological polar surface area (TPSA) is 157 Å². The van der Waals surface area contributed by atoms with Gasteiger partial charge in [0.15, 0.2) is 5.78 Å². The fourth-order valence-corrected chi connectivity index (χ4v) is 10.8. The molecule has 2 aromatic rings. The number of aromatic nitrogens is 1. The molecule has 2 amide bonds. The zero-order chi connectivity index (χ0) is 35.7. The Balaban J connectivity index is 1.24. The van der Waals surface area contributed by atoms with E-state index in [-0.39, 0.29) is 36.8 Å². The number of hydrogen-bond acceptors (Lipinski definition) is 9. The lowest BCUT2D eigenvalue weighted by atomic mass is 9.85. The van der Waals surface area contributed by atoms with Gasteiger partial charge in [0.1, 0.15) is 21.2 Å². The van der Waals surface area contributed by atoms with Crippen molar-refractivity contribution in [2.24, 2.45) is 17.3 Å². The number of ether oxygens (including phenoxy) is 1. The third-order valence-electron chi connectivity index (χ3n) is 11.9. The number of aryl methyl sites for hydroxylation is 2. The predicted molar refractivity (Wildman–Crippen MR) is 189 cm³/mol. The van der Waals surface area contributed by atoms with Crippen LogP contribution in [0.4, 0.5) is 0 Å². The van der Waals surface area contributed by atoms with Crippen LogP contribution >= 0.6 is 0 Å². The number of carbonyl (C=O) groups excluding carboxylic acids is 3. The minimum Gasteiger partial charge on any atom is -0.483 e. The number of rotatable bonds is 5. The van der Waals surface area contributed by atoms with E-state index in [0.717, 1.165) is 42.0 Å². The maximum atomic E-state index is 14.6. The maximum Gasteiger partial charge on any atom is 0.240 e. The van der Waals surface area contributed by atoms with Crippen molar-refractivity contribution in [1.82, 2.24) is 14.6 Å². The van der Waals surface area contributed by atoms with Gasteiger partial charge in [0.25, 0.3) is 0 Å². The summed E-state index contributed by atoms with van der Waals surface area (Å²) in [6, 6.07) is 6.91. The second-order valence-electron chi connectivity index (χ2n) is 15.8. The molecule has 270 valence electrons. The molecule has 0 unspecified atom stereocenters. The van der Waals surface area contributed by atoms with Crippen molar-refractivity contribution in [3.05, 3.63) is 47.7 Å². The highest BCUT2D eigenvalue weighted by molar-refractivity contribution is 7.91. The van der Waals surface area contributed by atoms with Gasteiger partial charge in [-0.15, -0.1) is 0 Å². The number of ketones is 1. The summed E-state index contributed by atoms with van der Waals surface area (Å²) < 4.78 is 59.6. The third-order valence-corrected chi connectivity index (χ3v) is 15.0. The number of amides is 2. The van der Waals surface area contributed by atoms with Crippen LogP contribution in [-0.4, -0.2) is 79.3 Å². The van der Waals surface area contributed by atoms with Crippen LogP contribution < -0.4 is 9.46 Å². The summed E-state index contributed by atoms with van der Waals surface area (Å²) in [6.45, 7) is 3.60. The van der Waals surface area contributed by atoms with E-state index in [1.807, 2.05) is 43.3 Å². The predicted octanol–water partition coefficient (Wildman–Crippen LogP) is 4.35. The Kier molecular flexibility index (Phi) is 8.72. The lowest BCUT2D eigenvalue weighted by Crippen LogP contribution is -2.48. The van der Waals surface area contributed by atoms with E-state index in [0.29, 0.717) is 56.4 Å². The van der Waals surface area contributed by atoms with Crippen LogP contribution in [-0.2, 0) is 40.7 Å². The molecular formula is C37H47N3O8S2. The van der Waals surface area contributed by atoms with Gasteiger partial charge in [-0.1, -0.05) is 43.2 Å². The van der Waals surface area contributed by atoms with Crippen LogP contribution in [0.1, 0.15) is 88.8 Å². The highest BCUT2D eigenvalue weighted by Gasteiger charge is 2.63. The molecule has 50 heavy (non-hydrogen) atoms. The molecule has 11 nitrogen and oxygen atoms in total. The van der Waals surface area contributed by atoms with Gasteiger partial charge in [-0.3, -0.25) is 19.1 Å². The average molecular weight is 726 g/mol. The van der Waals surface area contributed by atoms with Crippen molar-refractivity contribution < 1.29 is 36.0 Å². The molecule has 1 aromatic carbocycles. The third kappa shape index (κ3) is 6.48. The summed E-state index contributed by atoms with van der Waals surface area (Å²) in [5.41, 5.74) is 0.447. The molecular weight excluding hydrogens is 679 g/mol. The first-order chi connectivity index (χ1) is 23.6. The molecule has 0 radical (unpaired) electrons. The summed E-state index contributed by atoms with van der Waals surface area (Å²) in [7, 11) is -7.46. The van der Waals surface area contributed by atoms with Gasteiger partial charge in [0.2, 0.25) is 21.8 Å². The van der Waals surface area contributed by atoms with E-state index in [9.17, 15) is 31.2 Å². The van der Waals surface area contributed by atoms with Gasteiger partial charge in [0.05, 0.1) is 45.6 Å². The molecule has 5 aliphatic rings. The number of Topliss-reactive ketones (excluding diaryl/α,β-unsaturated/α-hetero) is 1. The largest absolute Gasteiger partial charge is 0.483 e. The van der Waals surface area contributed by atoms with Crippen LogP contribution in [0.25, 0.3) is 10.9 Å². The molecule has 13 heteroatoms. The molecule has 5 atom stereocenters. The second-order valence-corrected chi connectivity index (χ2v) is 20.2. The first kappa shape index (κ1) is 35.1. The van der Waals surface area contributed by atoms with Crippen molar-refractivity contribution in [3.8, 4) is 5.75 Å². The molecule has 1 N–H and O–H groups in total. The zero-order valence-corrected chi connectivity index (χ0v) is 30.7. The summed E-state index contributed by atoms with van der Waals surface area (Å²) in [5, 5.41) is 0.993. The Bertz CT molecular complexity index is 2010. The summed E-state index contributed by atoms with van der Waals surface area (Å²) in [5.74, 6) is -2.21. The van der Waals surface area contributed by atoms with Crippen molar-refractivity contribution >= 4 is 48.4 Å². The van der Waals surface area contributed by atoms with Crippen molar-refractivity contribution in [3.63, 3.8) is 0 Å². The van der Waals surface area contributed by atoms with Crippen molar-refractivity contribution in [2.75, 3.05) is 18.6 Å². The Labute approximate surface area is 294 Å². The van der Waals surface area contributed by atoms with Gasteiger partial charge in [-0.25, -0.2) is 21.8 Å². The van der Waals surface area contributed by atoms with E-state index in [1.54, 1.807) is 6.92 Å². The molecule has 0 bridgehead atoms. The van der Waals surface area contributed by atoms with Crippen molar-refractivity contribution in [2.45, 2.75) is 107 Å². The van der Waals surface area contributed by atoms with Crippen LogP contribution in [0.15, 0.2) is 36.4 Å². The summed E-state index contributed by atoms with van der Waals surface area (Å²) in [6.07, 6.45) is 10.8. The smallest absolute Gasteiger partial charge is 0.240 e. The highest BCUT2D eigenvalue weighted by Crippen LogP contribution is 2.58. The molecule has 1 saturated heterocycles. The number of nitrogens with zero attached hydrogens (tertiary/aromatic N) is 2. The number of pyridine rings is 1. The number of nitrogens with one attached hydrogen (secondary N) is 1. The van der Waals surface area contributed by atoms with Crippen molar-refractivity contribution in [1.29, 1.82) is 0 Å². The zero-order valence-electron chi connectivity index (χ0n) is 29.1. The minimum atomic E-state index is -3.93. The Hall–Kier alpha value is -3.32. The van der Waals surface area contributed by atoms with Gasteiger partial charge in [-0.2, -0.15) is 0 Å². The first-order valence-electron chi connectivity index (χ1n) is 17.9. The number of fused-ring (bicyclic) bond motifs is 5. The van der Waals surface area contributed by atoms with E-state index < -0.39 is 59.4 Å². The quantitative estimate of drug-likeness (QED) is 0.443. The Morgan fingerprint density at radius 3 is 2.56 bits per heavy atom. The van der Waals surface area contributed by atoms with Crippen LogP contribution in [0.3, 0.4) is 0 Å². The van der Waals surface area contributed by atoms with Crippen LogP contribution in [0.2, 0.25) is 0 Å². The van der Waals surface area contributed by atoms with Gasteiger partial charge >= 0.3 is 0 Å². The number of para-hydroxylation sites is 1. The molecule has 7 rings (SSSR count). The van der Waals surface area contributed by atoms with E-state index in [2.05, 4.69) is 4.72 Å². The van der Waals surface area contributed by atoms with Gasteiger partial charge in [0, 0.05) is 30.0 Å². The number of hydrogen-bond donors (Lipinski definition) is 1. The molecule has 3 aliphatic heterocycles. The molecule has 1 spiro atoms. The number of benzene rings is 1. The fraction of sp³-hybridized carbons (Fsp3) is 0.622. The Morgan fingerprint density at radius 1 is 1.06 bits per heavy atom. The first-order valence-corrected chi connectivity index (χ1v) is 21.4. The minimum absolute atomic E-state index is 0.101. The summed E-state index contributed by atoms with van der Waals surface area (Å²) >= 11 is 0. The van der Waals surface area contributed by atoms with Crippen LogP contribution in [0, 0.1) is 24.2 Å². The normalized spacial score (nSPS) is 31.8. The summed E-state index contributed by atoms with van der Waals surface area (Å²) in [4.78, 5) is 49.2. The molecule has 2 aliphatic carbocycles. The second kappa shape index (κ2) is 12.4. The fourth-order valence-electron chi connectivity index (χ4n) is 8.44. The van der Waals surface area contributed by atoms with E-state index >= 15 is 0 Å². The lowest BCUT2D eigenvalue weighted by molar-refractivity contribution is -0.141. The molecule has 3 fully saturated rings. The molecule has 2 saturated carbocycles. The molecule has 4 heterocycles. The monoisotopic (exact) mass is 725 g/mol. The molecule has 1 aromatic heterocycles. The lowest BCUT2D eigenvalue weighted by Gasteiger charge is -2.36. The number of carbonyl (C=O) groups is 3. The van der Waals surface area contributed by atoms with E-state index in [4.69, 9.17) is 9.72 Å². The van der Waals surface area contributed by atoms with Gasteiger partial charge < -0.3 is 9.64 Å². The van der Waals surface area contributed by atoms with Gasteiger partial charge in [-0.05, 0) is 77.2 Å². The Morgan fingerprint density at radius 2 is 1.82 bits per heavy atom. The van der Waals surface area contributed by atoms with E-state index in [1.165, 1.54) is 4.90 Å². The maximum absolute atomic E-state index is 14.6. The standard InChI is InChI=1S/C37H47N3O8S2/c1-24-32-28(27-13-9-10-14-29(27)38-24)15-16-36(48-32)20-30-31(41)21-37(34(43)39-50(46,47)35(2)17-18-35)19-26(37)12-8-6-4-5-7-11-25(22-49(3,44)45)33(42)40(30)23-36/h8-10,12-14,25-26,30H,4-7,11,15-23H2,1-3H3,(H,39,43)/b12-8-/t25-,26-,30+,36-,37-/m1/s1. The van der Waals surface area contributed by atoms with Crippen LogP contribution in [0.5, 0.6) is 5.75 Å². The average Bonchev–Trinajstić information content (AvgIpc) is 3.94. The highest BCUT2D eigenvalue weighted by atomic mass is 32.2. The SMILES string of the molecule is Cc1nc2ccccc2c2c1O[C@]1(CC2)C[C@H]2C(=O)C[C@]3(C(=O)NS(=O)(=O)C4(C)CC4)C[C@H]3/C=C\CCCCC[C@H](CS(C)(=O)=O)C(=O)N2C1. The number of allylic oxidation sites excluding steroid dienone is 2.